The minimum atomic E-state index is -3.90. The number of hydrogen-bond acceptors (Lipinski definition) is 4. The summed E-state index contributed by atoms with van der Waals surface area (Å²) in [5.74, 6) is 0.0866. The number of nitrogens with one attached hydrogen (secondary N) is 1. The van der Waals surface area contributed by atoms with E-state index >= 15 is 0 Å². The van der Waals surface area contributed by atoms with Crippen molar-refractivity contribution in [2.45, 2.75) is 17.4 Å². The molecule has 0 fully saturated rings. The Hall–Kier alpha value is -1.67. The van der Waals surface area contributed by atoms with Crippen molar-refractivity contribution in [1.29, 1.82) is 0 Å². The van der Waals surface area contributed by atoms with Crippen LogP contribution in [0.1, 0.15) is 17.2 Å². The summed E-state index contributed by atoms with van der Waals surface area (Å²) >= 11 is 5.60. The van der Waals surface area contributed by atoms with E-state index in [1.165, 1.54) is 0 Å². The molecule has 0 saturated carbocycles. The van der Waals surface area contributed by atoms with Gasteiger partial charge in [-0.15, -0.1) is 0 Å². The van der Waals surface area contributed by atoms with Crippen LogP contribution in [0.2, 0.25) is 5.02 Å². The van der Waals surface area contributed by atoms with Gasteiger partial charge in [0.2, 0.25) is 10.0 Å². The molecule has 0 radical (unpaired) electrons. The van der Waals surface area contributed by atoms with Crippen LogP contribution in [0.25, 0.3) is 0 Å². The number of ether oxygens (including phenoxy) is 1. The summed E-state index contributed by atoms with van der Waals surface area (Å²) in [5.41, 5.74) is 1.58. The molecule has 0 aliphatic carbocycles. The fraction of sp³-hybridized carbons (Fsp3) is 0.250. The van der Waals surface area contributed by atoms with Crippen LogP contribution in [0.4, 0.5) is 4.39 Å². The quantitative estimate of drug-likeness (QED) is 0.846. The largest absolute Gasteiger partial charge is 0.493 e. The van der Waals surface area contributed by atoms with Crippen molar-refractivity contribution in [3.63, 3.8) is 0 Å². The second-order valence-electron chi connectivity index (χ2n) is 5.41. The molecule has 128 valence electrons. The number of sulfonamides is 1. The average Bonchev–Trinajstić information content (AvgIpc) is 3.02. The summed E-state index contributed by atoms with van der Waals surface area (Å²) in [5, 5.41) is 9.93. The topological polar surface area (TPSA) is 75.6 Å². The molecule has 24 heavy (non-hydrogen) atoms. The molecule has 0 amide bonds. The minimum absolute atomic E-state index is 0.163. The lowest BCUT2D eigenvalue weighted by Crippen LogP contribution is -2.28. The zero-order chi connectivity index (χ0) is 17.3. The molecular formula is C16H15ClFNO4S. The van der Waals surface area contributed by atoms with Crippen LogP contribution in [0.15, 0.2) is 41.3 Å². The van der Waals surface area contributed by atoms with Gasteiger partial charge < -0.3 is 9.84 Å². The Morgan fingerprint density at radius 3 is 2.83 bits per heavy atom. The molecule has 1 aliphatic rings. The summed E-state index contributed by atoms with van der Waals surface area (Å²) in [6.45, 7) is 0.393. The van der Waals surface area contributed by atoms with Crippen molar-refractivity contribution in [3.8, 4) is 5.75 Å². The van der Waals surface area contributed by atoms with Crippen molar-refractivity contribution in [1.82, 2.24) is 4.72 Å². The second kappa shape index (κ2) is 6.68. The van der Waals surface area contributed by atoms with Gasteiger partial charge in [-0.25, -0.2) is 17.5 Å². The van der Waals surface area contributed by atoms with E-state index < -0.39 is 21.9 Å². The van der Waals surface area contributed by atoms with Crippen LogP contribution < -0.4 is 9.46 Å². The highest BCUT2D eigenvalue weighted by Crippen LogP contribution is 2.28. The number of fused-ring (bicyclic) bond motifs is 1. The first-order chi connectivity index (χ1) is 11.4. The highest BCUT2D eigenvalue weighted by Gasteiger charge is 2.20. The molecular weight excluding hydrogens is 357 g/mol. The Morgan fingerprint density at radius 2 is 2.08 bits per heavy atom. The molecule has 0 spiro atoms. The summed E-state index contributed by atoms with van der Waals surface area (Å²) < 4.78 is 45.2. The maximum atomic E-state index is 13.1. The molecule has 0 bridgehead atoms. The van der Waals surface area contributed by atoms with Gasteiger partial charge in [-0.3, -0.25) is 0 Å². The van der Waals surface area contributed by atoms with Crippen LogP contribution >= 0.6 is 11.6 Å². The first kappa shape index (κ1) is 17.2. The third-order valence-corrected chi connectivity index (χ3v) is 5.48. The normalized spacial score (nSPS) is 15.0. The van der Waals surface area contributed by atoms with Gasteiger partial charge >= 0.3 is 0 Å². The Bertz CT molecular complexity index is 872. The summed E-state index contributed by atoms with van der Waals surface area (Å²) in [7, 11) is -3.90. The van der Waals surface area contributed by atoms with E-state index in [1.54, 1.807) is 18.2 Å². The third-order valence-electron chi connectivity index (χ3n) is 3.77. The van der Waals surface area contributed by atoms with E-state index in [-0.39, 0.29) is 16.5 Å². The summed E-state index contributed by atoms with van der Waals surface area (Å²) in [6, 6.07) is 8.37. The number of aliphatic hydroxyl groups is 1. The van der Waals surface area contributed by atoms with E-state index in [9.17, 15) is 17.9 Å². The molecule has 0 aromatic heterocycles. The number of rotatable bonds is 5. The highest BCUT2D eigenvalue weighted by atomic mass is 35.5. The number of hydrogen-bond donors (Lipinski definition) is 2. The third kappa shape index (κ3) is 3.54. The monoisotopic (exact) mass is 371 g/mol. The Morgan fingerprint density at radius 1 is 1.29 bits per heavy atom. The fourth-order valence-corrected chi connectivity index (χ4v) is 3.76. The van der Waals surface area contributed by atoms with Crippen LogP contribution in [-0.4, -0.2) is 26.7 Å². The van der Waals surface area contributed by atoms with E-state index in [0.29, 0.717) is 12.2 Å². The molecule has 1 aliphatic heterocycles. The first-order valence-corrected chi connectivity index (χ1v) is 9.11. The molecule has 0 saturated heterocycles. The zero-order valence-electron chi connectivity index (χ0n) is 12.5. The fourth-order valence-electron chi connectivity index (χ4n) is 2.45. The summed E-state index contributed by atoms with van der Waals surface area (Å²) in [6.07, 6.45) is -0.253. The van der Waals surface area contributed by atoms with Gasteiger partial charge in [0.15, 0.2) is 0 Å². The lowest BCUT2D eigenvalue weighted by Gasteiger charge is -2.14. The lowest BCUT2D eigenvalue weighted by molar-refractivity contribution is 0.182. The van der Waals surface area contributed by atoms with Gasteiger partial charge in [0.05, 0.1) is 22.6 Å². The van der Waals surface area contributed by atoms with Crippen LogP contribution in [0.3, 0.4) is 0 Å². The summed E-state index contributed by atoms with van der Waals surface area (Å²) in [4.78, 5) is -0.163. The lowest BCUT2D eigenvalue weighted by atomic mass is 10.0. The van der Waals surface area contributed by atoms with E-state index in [4.69, 9.17) is 16.3 Å². The molecule has 0 unspecified atom stereocenters. The number of benzene rings is 2. The van der Waals surface area contributed by atoms with Gasteiger partial charge in [0.1, 0.15) is 11.6 Å². The SMILES string of the molecule is O=S(=O)(NC[C@@H](O)c1ccc2c(c1)CCO2)c1ccc(F)c(Cl)c1. The Kier molecular flexibility index (Phi) is 4.78. The molecule has 2 N–H and O–H groups in total. The van der Waals surface area contributed by atoms with Crippen molar-refractivity contribution < 1.29 is 22.7 Å². The maximum absolute atomic E-state index is 13.1. The molecule has 1 heterocycles. The van der Waals surface area contributed by atoms with E-state index in [2.05, 4.69) is 4.72 Å². The van der Waals surface area contributed by atoms with Gasteiger partial charge in [-0.05, 0) is 41.5 Å². The van der Waals surface area contributed by atoms with Crippen molar-refractivity contribution in [3.05, 3.63) is 58.4 Å². The van der Waals surface area contributed by atoms with Crippen LogP contribution in [-0.2, 0) is 16.4 Å². The van der Waals surface area contributed by atoms with Gasteiger partial charge in [-0.1, -0.05) is 17.7 Å². The molecule has 2 aromatic carbocycles. The second-order valence-corrected chi connectivity index (χ2v) is 7.58. The average molecular weight is 372 g/mol. The Balaban J connectivity index is 1.71. The number of halogens is 2. The van der Waals surface area contributed by atoms with E-state index in [1.807, 2.05) is 0 Å². The van der Waals surface area contributed by atoms with Crippen molar-refractivity contribution in [2.75, 3.05) is 13.2 Å². The van der Waals surface area contributed by atoms with Crippen LogP contribution in [0.5, 0.6) is 5.75 Å². The molecule has 8 heteroatoms. The standard InChI is InChI=1S/C16H15ClFNO4S/c17-13-8-12(2-3-14(13)18)24(21,22)19-9-15(20)10-1-4-16-11(7-10)5-6-23-16/h1-4,7-8,15,19-20H,5-6,9H2/t15-/m1/s1. The molecule has 5 nitrogen and oxygen atoms in total. The highest BCUT2D eigenvalue weighted by molar-refractivity contribution is 7.89. The van der Waals surface area contributed by atoms with Crippen LogP contribution in [0, 0.1) is 5.82 Å². The predicted octanol–water partition coefficient (Wildman–Crippen LogP) is 2.43. The predicted molar refractivity (Wildman–Crippen MR) is 87.2 cm³/mol. The minimum Gasteiger partial charge on any atom is -0.493 e. The molecule has 3 rings (SSSR count). The van der Waals surface area contributed by atoms with Gasteiger partial charge in [-0.2, -0.15) is 0 Å². The van der Waals surface area contributed by atoms with Crippen molar-refractivity contribution >= 4 is 21.6 Å². The first-order valence-electron chi connectivity index (χ1n) is 7.25. The Labute approximate surface area is 144 Å². The van der Waals surface area contributed by atoms with E-state index in [0.717, 1.165) is 35.9 Å². The smallest absolute Gasteiger partial charge is 0.240 e. The number of aliphatic hydroxyl groups excluding tert-OH is 1. The maximum Gasteiger partial charge on any atom is 0.240 e. The zero-order valence-corrected chi connectivity index (χ0v) is 14.1. The van der Waals surface area contributed by atoms with Crippen molar-refractivity contribution in [2.24, 2.45) is 0 Å². The van der Waals surface area contributed by atoms with Gasteiger partial charge in [0.25, 0.3) is 0 Å². The molecule has 2 aromatic rings. The molecule has 1 atom stereocenters. The van der Waals surface area contributed by atoms with Gasteiger partial charge in [0, 0.05) is 13.0 Å².